The van der Waals surface area contributed by atoms with Gasteiger partial charge in [0.05, 0.1) is 0 Å². The summed E-state index contributed by atoms with van der Waals surface area (Å²) in [6.07, 6.45) is 0. The highest BCUT2D eigenvalue weighted by Gasteiger charge is 2.07. The van der Waals surface area contributed by atoms with Crippen LogP contribution >= 0.6 is 11.6 Å². The number of carbonyl (C=O) groups excluding carboxylic acids is 1. The first-order chi connectivity index (χ1) is 14.0. The Balaban J connectivity index is 1.59. The Hall–Kier alpha value is -2.98. The fourth-order valence-electron chi connectivity index (χ4n) is 2.73. The van der Waals surface area contributed by atoms with E-state index in [4.69, 9.17) is 16.3 Å². The van der Waals surface area contributed by atoms with Crippen molar-refractivity contribution >= 4 is 28.9 Å². The number of halogens is 1. The van der Waals surface area contributed by atoms with Crippen LogP contribution in [0.2, 0.25) is 5.02 Å². The Bertz CT molecular complexity index is 955. The van der Waals surface area contributed by atoms with Gasteiger partial charge in [-0.25, -0.2) is 0 Å². The van der Waals surface area contributed by atoms with Gasteiger partial charge in [0, 0.05) is 34.4 Å². The Kier molecular flexibility index (Phi) is 7.14. The van der Waals surface area contributed by atoms with Crippen LogP contribution < -0.4 is 15.4 Å². The maximum Gasteiger partial charge on any atom is 0.226 e. The first-order valence-electron chi connectivity index (χ1n) is 9.61. The van der Waals surface area contributed by atoms with E-state index in [1.165, 1.54) is 0 Å². The van der Waals surface area contributed by atoms with Gasteiger partial charge in [0.15, 0.2) is 0 Å². The smallest absolute Gasteiger partial charge is 0.226 e. The molecule has 0 aromatic heterocycles. The Labute approximate surface area is 176 Å². The van der Waals surface area contributed by atoms with Crippen LogP contribution in [0.3, 0.4) is 0 Å². The highest BCUT2D eigenvalue weighted by atomic mass is 35.5. The molecule has 29 heavy (non-hydrogen) atoms. The Morgan fingerprint density at radius 3 is 2.41 bits per heavy atom. The molecular weight excluding hydrogens is 384 g/mol. The largest absolute Gasteiger partial charge is 0.489 e. The van der Waals surface area contributed by atoms with Crippen molar-refractivity contribution in [1.82, 2.24) is 0 Å². The molecule has 0 saturated heterocycles. The molecule has 2 N–H and O–H groups in total. The van der Waals surface area contributed by atoms with Crippen LogP contribution in [0.1, 0.15) is 25.0 Å². The molecule has 0 aliphatic carbocycles. The predicted octanol–water partition coefficient (Wildman–Crippen LogP) is 6.13. The molecule has 0 radical (unpaired) electrons. The molecule has 5 heteroatoms. The average molecular weight is 409 g/mol. The topological polar surface area (TPSA) is 50.4 Å². The minimum atomic E-state index is -0.0452. The van der Waals surface area contributed by atoms with Gasteiger partial charge in [-0.05, 0) is 48.0 Å². The molecule has 4 nitrogen and oxygen atoms in total. The van der Waals surface area contributed by atoms with Gasteiger partial charge >= 0.3 is 0 Å². The highest BCUT2D eigenvalue weighted by molar-refractivity contribution is 6.30. The molecule has 0 aliphatic rings. The van der Waals surface area contributed by atoms with Gasteiger partial charge in [-0.15, -0.1) is 0 Å². The number of amides is 1. The molecule has 0 saturated carbocycles. The fourth-order valence-corrected chi connectivity index (χ4v) is 2.95. The van der Waals surface area contributed by atoms with E-state index in [9.17, 15) is 4.79 Å². The minimum absolute atomic E-state index is 0.0106. The van der Waals surface area contributed by atoms with Crippen molar-refractivity contribution in [2.24, 2.45) is 5.92 Å². The van der Waals surface area contributed by atoms with E-state index in [0.717, 1.165) is 28.3 Å². The lowest BCUT2D eigenvalue weighted by Gasteiger charge is -2.14. The van der Waals surface area contributed by atoms with E-state index in [1.807, 2.05) is 86.6 Å². The Morgan fingerprint density at radius 2 is 1.69 bits per heavy atom. The molecule has 0 fully saturated rings. The van der Waals surface area contributed by atoms with Crippen molar-refractivity contribution in [3.05, 3.63) is 88.9 Å². The van der Waals surface area contributed by atoms with Crippen LogP contribution in [0.4, 0.5) is 11.4 Å². The molecule has 0 unspecified atom stereocenters. The van der Waals surface area contributed by atoms with Crippen molar-refractivity contribution in [2.75, 3.05) is 10.6 Å². The van der Waals surface area contributed by atoms with Crippen LogP contribution in [0.15, 0.2) is 72.8 Å². The minimum Gasteiger partial charge on any atom is -0.489 e. The summed E-state index contributed by atoms with van der Waals surface area (Å²) < 4.78 is 6.01. The summed E-state index contributed by atoms with van der Waals surface area (Å²) in [7, 11) is 0. The van der Waals surface area contributed by atoms with Gasteiger partial charge < -0.3 is 15.4 Å². The second-order valence-electron chi connectivity index (χ2n) is 7.10. The van der Waals surface area contributed by atoms with E-state index in [1.54, 1.807) is 0 Å². The third kappa shape index (κ3) is 6.26. The maximum absolute atomic E-state index is 11.8. The first kappa shape index (κ1) is 20.7. The quantitative estimate of drug-likeness (QED) is 0.471. The molecule has 0 heterocycles. The summed E-state index contributed by atoms with van der Waals surface area (Å²) in [5, 5.41) is 6.99. The van der Waals surface area contributed by atoms with E-state index < -0.39 is 0 Å². The number of ether oxygens (including phenoxy) is 1. The number of rotatable bonds is 8. The molecule has 3 aromatic rings. The van der Waals surface area contributed by atoms with Crippen LogP contribution in [0.5, 0.6) is 5.75 Å². The number of para-hydroxylation sites is 1. The summed E-state index contributed by atoms with van der Waals surface area (Å²) in [5.41, 5.74) is 3.85. The normalized spacial score (nSPS) is 10.6. The van der Waals surface area contributed by atoms with Gasteiger partial charge in [-0.2, -0.15) is 0 Å². The average Bonchev–Trinajstić information content (AvgIpc) is 2.72. The van der Waals surface area contributed by atoms with Gasteiger partial charge in [0.2, 0.25) is 5.91 Å². The third-order valence-electron chi connectivity index (χ3n) is 4.42. The lowest BCUT2D eigenvalue weighted by atomic mass is 10.2. The van der Waals surface area contributed by atoms with Gasteiger partial charge in [0.1, 0.15) is 12.4 Å². The van der Waals surface area contributed by atoms with Crippen LogP contribution in [-0.4, -0.2) is 5.91 Å². The molecule has 3 rings (SSSR count). The van der Waals surface area contributed by atoms with E-state index in [-0.39, 0.29) is 11.8 Å². The van der Waals surface area contributed by atoms with Crippen LogP contribution in [0.25, 0.3) is 0 Å². The number of benzene rings is 3. The Morgan fingerprint density at radius 1 is 0.966 bits per heavy atom. The van der Waals surface area contributed by atoms with Crippen molar-refractivity contribution in [1.29, 1.82) is 0 Å². The van der Waals surface area contributed by atoms with Crippen LogP contribution in [0, 0.1) is 5.92 Å². The summed E-state index contributed by atoms with van der Waals surface area (Å²) in [5.74, 6) is 0.800. The molecule has 0 spiro atoms. The van der Waals surface area contributed by atoms with Crippen LogP contribution in [-0.2, 0) is 17.9 Å². The second-order valence-corrected chi connectivity index (χ2v) is 7.54. The standard InChI is InChI=1S/C24H25ClN2O2/c1-17(2)24(28)27-22-12-10-21(11-13-22)26-15-19-7-3-4-9-23(19)29-16-18-6-5-8-20(25)14-18/h3-14,17,26H,15-16H2,1-2H3,(H,27,28). The molecule has 0 aliphatic heterocycles. The summed E-state index contributed by atoms with van der Waals surface area (Å²) in [6, 6.07) is 23.3. The summed E-state index contributed by atoms with van der Waals surface area (Å²) in [6.45, 7) is 4.83. The predicted molar refractivity (Wildman–Crippen MR) is 119 cm³/mol. The van der Waals surface area contributed by atoms with Crippen molar-refractivity contribution < 1.29 is 9.53 Å². The molecule has 3 aromatic carbocycles. The van der Waals surface area contributed by atoms with Gasteiger partial charge in [-0.3, -0.25) is 4.79 Å². The lowest BCUT2D eigenvalue weighted by Crippen LogP contribution is -2.17. The molecule has 0 bridgehead atoms. The number of carbonyl (C=O) groups is 1. The first-order valence-corrected chi connectivity index (χ1v) is 9.99. The maximum atomic E-state index is 11.8. The molecule has 1 amide bonds. The number of anilines is 2. The van der Waals surface area contributed by atoms with Crippen molar-refractivity contribution in [2.45, 2.75) is 27.0 Å². The highest BCUT2D eigenvalue weighted by Crippen LogP contribution is 2.22. The lowest BCUT2D eigenvalue weighted by molar-refractivity contribution is -0.118. The zero-order valence-electron chi connectivity index (χ0n) is 16.6. The van der Waals surface area contributed by atoms with Gasteiger partial charge in [0.25, 0.3) is 0 Å². The monoisotopic (exact) mass is 408 g/mol. The number of nitrogens with one attached hydrogen (secondary N) is 2. The van der Waals surface area contributed by atoms with E-state index >= 15 is 0 Å². The number of hydrogen-bond donors (Lipinski definition) is 2. The zero-order valence-corrected chi connectivity index (χ0v) is 17.4. The second kappa shape index (κ2) is 9.99. The SMILES string of the molecule is CC(C)C(=O)Nc1ccc(NCc2ccccc2OCc2cccc(Cl)c2)cc1. The summed E-state index contributed by atoms with van der Waals surface area (Å²) >= 11 is 6.04. The number of hydrogen-bond acceptors (Lipinski definition) is 3. The fraction of sp³-hybridized carbons (Fsp3) is 0.208. The van der Waals surface area contributed by atoms with E-state index in [0.29, 0.717) is 18.2 Å². The molecular formula is C24H25ClN2O2. The van der Waals surface area contributed by atoms with Crippen molar-refractivity contribution in [3.8, 4) is 5.75 Å². The zero-order chi connectivity index (χ0) is 20.6. The molecule has 150 valence electrons. The van der Waals surface area contributed by atoms with Gasteiger partial charge in [-0.1, -0.05) is 55.8 Å². The van der Waals surface area contributed by atoms with E-state index in [2.05, 4.69) is 10.6 Å². The summed E-state index contributed by atoms with van der Waals surface area (Å²) in [4.78, 5) is 11.8. The third-order valence-corrected chi connectivity index (χ3v) is 4.65. The van der Waals surface area contributed by atoms with Crippen molar-refractivity contribution in [3.63, 3.8) is 0 Å². The molecule has 0 atom stereocenters.